The molecule has 9 rings (SSSR count). The highest BCUT2D eigenvalue weighted by Crippen LogP contribution is 2.73. The maximum Gasteiger partial charge on any atom is 0.449 e. The Labute approximate surface area is 228 Å². The van der Waals surface area contributed by atoms with Crippen LogP contribution in [0, 0.1) is 47.3 Å². The van der Waals surface area contributed by atoms with Crippen LogP contribution in [0.3, 0.4) is 0 Å². The molecule has 0 radical (unpaired) electrons. The summed E-state index contributed by atoms with van der Waals surface area (Å²) in [5, 5.41) is 37.9. The molecular formula is C26H32F10O5. The van der Waals surface area contributed by atoms with Crippen molar-refractivity contribution in [2.75, 3.05) is 0 Å². The zero-order valence-corrected chi connectivity index (χ0v) is 21.7. The lowest BCUT2D eigenvalue weighted by atomic mass is 9.46. The minimum Gasteiger partial charge on any atom is -0.383 e. The van der Waals surface area contributed by atoms with Gasteiger partial charge in [-0.2, -0.15) is 43.9 Å². The molecule has 1 unspecified atom stereocenters. The van der Waals surface area contributed by atoms with Crippen molar-refractivity contribution in [3.63, 3.8) is 0 Å². The summed E-state index contributed by atoms with van der Waals surface area (Å²) in [4.78, 5) is 0. The number of alkyl halides is 10. The number of rotatable bonds is 2. The third kappa shape index (κ3) is 3.55. The molecule has 236 valence electrons. The Bertz CT molecular complexity index is 1020. The summed E-state index contributed by atoms with van der Waals surface area (Å²) in [6.45, 7) is 0. The van der Waals surface area contributed by atoms with Crippen LogP contribution in [0.5, 0.6) is 0 Å². The fraction of sp³-hybridized carbons (Fsp3) is 1.00. The van der Waals surface area contributed by atoms with Crippen molar-refractivity contribution in [2.45, 2.75) is 111 Å². The van der Waals surface area contributed by atoms with Gasteiger partial charge in [-0.25, -0.2) is 0 Å². The smallest absolute Gasteiger partial charge is 0.383 e. The van der Waals surface area contributed by atoms with Crippen molar-refractivity contribution in [2.24, 2.45) is 47.3 Å². The van der Waals surface area contributed by atoms with E-state index >= 15 is 0 Å². The van der Waals surface area contributed by atoms with Gasteiger partial charge in [0.05, 0.1) is 0 Å². The molecule has 41 heavy (non-hydrogen) atoms. The van der Waals surface area contributed by atoms with Crippen molar-refractivity contribution in [1.82, 2.24) is 0 Å². The van der Waals surface area contributed by atoms with Gasteiger partial charge >= 0.3 is 35.8 Å². The summed E-state index contributed by atoms with van der Waals surface area (Å²) >= 11 is 0. The second-order valence-electron chi connectivity index (χ2n) is 13.8. The number of hydrogen-bond donors (Lipinski definition) is 4. The van der Waals surface area contributed by atoms with E-state index in [1.807, 2.05) is 0 Å². The average molecular weight is 615 g/mol. The van der Waals surface area contributed by atoms with Crippen molar-refractivity contribution >= 4 is 0 Å². The molecule has 8 saturated carbocycles. The van der Waals surface area contributed by atoms with Gasteiger partial charge in [-0.1, -0.05) is 0 Å². The van der Waals surface area contributed by atoms with Crippen LogP contribution in [0.4, 0.5) is 43.9 Å². The van der Waals surface area contributed by atoms with Gasteiger partial charge in [-0.05, 0) is 112 Å². The SMILES string of the molecule is OC1(C(F)(F)C(O)(O)C(F)(F)F)C2CC3CC(C2)CC1C3.OC1(C(F)(F)F)OC2(C3CC4CC(C3)CC2C4)C1(F)F. The summed E-state index contributed by atoms with van der Waals surface area (Å²) in [5.74, 6) is -21.1. The largest absolute Gasteiger partial charge is 0.449 e. The van der Waals surface area contributed by atoms with Gasteiger partial charge in [0.15, 0.2) is 0 Å². The summed E-state index contributed by atoms with van der Waals surface area (Å²) in [7, 11) is 0. The molecule has 8 bridgehead atoms. The van der Waals surface area contributed by atoms with Gasteiger partial charge in [0.2, 0.25) is 0 Å². The summed E-state index contributed by atoms with van der Waals surface area (Å²) in [6, 6.07) is 0. The molecule has 9 aliphatic rings. The minimum atomic E-state index is -5.94. The summed E-state index contributed by atoms with van der Waals surface area (Å²) in [5.41, 5.74) is -5.11. The van der Waals surface area contributed by atoms with E-state index in [2.05, 4.69) is 4.74 Å². The van der Waals surface area contributed by atoms with Gasteiger partial charge in [-0.3, -0.25) is 0 Å². The highest BCUT2D eigenvalue weighted by Gasteiger charge is 2.92. The van der Waals surface area contributed by atoms with Gasteiger partial charge in [0.1, 0.15) is 11.2 Å². The van der Waals surface area contributed by atoms with Gasteiger partial charge < -0.3 is 25.2 Å². The molecule has 8 aliphatic carbocycles. The van der Waals surface area contributed by atoms with E-state index in [9.17, 15) is 54.1 Å². The number of hydrogen-bond acceptors (Lipinski definition) is 5. The topological polar surface area (TPSA) is 90.2 Å². The fourth-order valence-electron chi connectivity index (χ4n) is 10.3. The maximum absolute atomic E-state index is 14.4. The van der Waals surface area contributed by atoms with Crippen LogP contribution in [-0.2, 0) is 4.74 Å². The standard InChI is InChI=1S/C13H17F5O3.C13H15F5O2/c14-11(15,12(20,21)13(16,17)18)10(19)8-2-6-1-7(4-8)5-9(10)3-6;14-11(15)10(20-12(11,19)13(16,17)18)8-2-6-1-7(4-8)5-9(10)3-6/h6-9,19-21H,1-5H2;6-9,19H,1-5H2. The third-order valence-corrected chi connectivity index (χ3v) is 11.7. The van der Waals surface area contributed by atoms with Crippen LogP contribution >= 0.6 is 0 Å². The van der Waals surface area contributed by atoms with Crippen molar-refractivity contribution in [3.8, 4) is 0 Å². The molecule has 15 heteroatoms. The Kier molecular flexibility index (Phi) is 6.19. The van der Waals surface area contributed by atoms with Crippen LogP contribution in [-0.4, -0.2) is 67.4 Å². The van der Waals surface area contributed by atoms with Crippen LogP contribution in [0.2, 0.25) is 0 Å². The maximum atomic E-state index is 14.4. The lowest BCUT2D eigenvalue weighted by Crippen LogP contribution is -2.88. The lowest BCUT2D eigenvalue weighted by molar-refractivity contribution is -0.580. The molecule has 1 saturated heterocycles. The molecule has 4 N–H and O–H groups in total. The average Bonchev–Trinajstić information content (AvgIpc) is 2.82. The van der Waals surface area contributed by atoms with E-state index in [4.69, 9.17) is 10.2 Å². The normalized spacial score (nSPS) is 49.6. The Morgan fingerprint density at radius 3 is 1.20 bits per heavy atom. The zero-order chi connectivity index (χ0) is 30.4. The van der Waals surface area contributed by atoms with Crippen LogP contribution in [0.15, 0.2) is 0 Å². The molecule has 0 aromatic carbocycles. The number of ether oxygens (including phenoxy) is 1. The first-order valence-electron chi connectivity index (χ1n) is 14.0. The predicted molar refractivity (Wildman–Crippen MR) is 117 cm³/mol. The lowest BCUT2D eigenvalue weighted by Gasteiger charge is -2.70. The minimum absolute atomic E-state index is 0.140. The van der Waals surface area contributed by atoms with Gasteiger partial charge in [-0.15, -0.1) is 0 Å². The quantitative estimate of drug-likeness (QED) is 0.255. The molecule has 0 aromatic rings. The van der Waals surface area contributed by atoms with Gasteiger partial charge in [0, 0.05) is 0 Å². The van der Waals surface area contributed by atoms with E-state index in [1.165, 1.54) is 0 Å². The Hall–Kier alpha value is -0.900. The molecule has 0 aromatic heterocycles. The third-order valence-electron chi connectivity index (χ3n) is 11.7. The Balaban J connectivity index is 0.000000148. The summed E-state index contributed by atoms with van der Waals surface area (Å²) < 4.78 is 138. The molecule has 0 amide bonds. The van der Waals surface area contributed by atoms with E-state index in [-0.39, 0.29) is 37.5 Å². The molecule has 1 atom stereocenters. The van der Waals surface area contributed by atoms with Crippen molar-refractivity contribution in [3.05, 3.63) is 0 Å². The van der Waals surface area contributed by atoms with Crippen LogP contribution < -0.4 is 0 Å². The monoisotopic (exact) mass is 614 g/mol. The van der Waals surface area contributed by atoms with E-state index in [0.29, 0.717) is 37.5 Å². The first-order valence-corrected chi connectivity index (χ1v) is 14.0. The second kappa shape index (κ2) is 8.42. The number of aliphatic hydroxyl groups is 4. The molecule has 9 fully saturated rings. The fourth-order valence-corrected chi connectivity index (χ4v) is 10.3. The van der Waals surface area contributed by atoms with E-state index < -0.39 is 70.6 Å². The molecular weight excluding hydrogens is 582 g/mol. The molecule has 1 heterocycles. The van der Waals surface area contributed by atoms with E-state index in [0.717, 1.165) is 12.8 Å². The second-order valence-corrected chi connectivity index (χ2v) is 13.8. The highest BCUT2D eigenvalue weighted by atomic mass is 19.4. The van der Waals surface area contributed by atoms with Crippen molar-refractivity contribution < 1.29 is 69.1 Å². The first-order chi connectivity index (χ1) is 18.5. The zero-order valence-electron chi connectivity index (χ0n) is 21.7. The Morgan fingerprint density at radius 2 is 0.902 bits per heavy atom. The van der Waals surface area contributed by atoms with Crippen molar-refractivity contribution in [1.29, 1.82) is 0 Å². The van der Waals surface area contributed by atoms with Gasteiger partial charge in [0.25, 0.3) is 0 Å². The Morgan fingerprint density at radius 1 is 0.561 bits per heavy atom. The highest BCUT2D eigenvalue weighted by molar-refractivity contribution is 5.24. The molecule has 1 aliphatic heterocycles. The molecule has 5 nitrogen and oxygen atoms in total. The van der Waals surface area contributed by atoms with Crippen LogP contribution in [0.25, 0.3) is 0 Å². The molecule has 1 spiro atoms. The van der Waals surface area contributed by atoms with E-state index in [1.54, 1.807) is 0 Å². The summed E-state index contributed by atoms with van der Waals surface area (Å²) in [6.07, 6.45) is -6.72. The first kappa shape index (κ1) is 30.1. The van der Waals surface area contributed by atoms with Crippen LogP contribution in [0.1, 0.15) is 64.2 Å². The number of halogens is 10. The predicted octanol–water partition coefficient (Wildman–Crippen LogP) is 5.15.